The molecule has 0 aromatic rings. The van der Waals surface area contributed by atoms with Gasteiger partial charge in [-0.1, -0.05) is 0 Å². The maximum atomic E-state index is 12.4. The second kappa shape index (κ2) is 9.89. The van der Waals surface area contributed by atoms with Crippen molar-refractivity contribution in [1.82, 2.24) is 5.32 Å². The average molecular weight is 387 g/mol. The van der Waals surface area contributed by atoms with Crippen molar-refractivity contribution >= 4 is 29.8 Å². The summed E-state index contributed by atoms with van der Waals surface area (Å²) in [4.78, 5) is 58.7. The lowest BCUT2D eigenvalue weighted by Crippen LogP contribution is -2.64. The molecule has 1 fully saturated rings. The van der Waals surface area contributed by atoms with Gasteiger partial charge in [0.1, 0.15) is 6.10 Å². The quantitative estimate of drug-likeness (QED) is 0.488. The first-order valence-corrected chi connectivity index (χ1v) is 8.52. The Kier molecular flexibility index (Phi) is 8.20. The minimum atomic E-state index is -1.25. The monoisotopic (exact) mass is 387 g/mol. The van der Waals surface area contributed by atoms with E-state index in [0.717, 1.165) is 20.8 Å². The summed E-state index contributed by atoms with van der Waals surface area (Å²) in [6, 6.07) is -1.03. The fourth-order valence-electron chi connectivity index (χ4n) is 3.08. The normalized spacial score (nSPS) is 27.1. The van der Waals surface area contributed by atoms with Crippen molar-refractivity contribution in [1.29, 1.82) is 0 Å². The molecule has 0 aromatic heterocycles. The third kappa shape index (κ3) is 6.54. The van der Waals surface area contributed by atoms with E-state index in [2.05, 4.69) is 5.32 Å². The minimum absolute atomic E-state index is 0.0843. The molecule has 0 unspecified atom stereocenters. The molecule has 1 aliphatic carbocycles. The number of carbonyl (C=O) groups is 5. The molecule has 27 heavy (non-hydrogen) atoms. The Hall–Kier alpha value is -2.65. The summed E-state index contributed by atoms with van der Waals surface area (Å²) >= 11 is 0. The average Bonchev–Trinajstić information content (AvgIpc) is 2.51. The molecule has 152 valence electrons. The Morgan fingerprint density at radius 1 is 0.852 bits per heavy atom. The molecule has 1 rings (SSSR count). The number of rotatable bonds is 6. The van der Waals surface area contributed by atoms with E-state index in [1.807, 2.05) is 0 Å². The lowest BCUT2D eigenvalue weighted by molar-refractivity contribution is -0.201. The van der Waals surface area contributed by atoms with Gasteiger partial charge in [0.05, 0.1) is 18.6 Å². The molecule has 1 N–H and O–H groups in total. The van der Waals surface area contributed by atoms with Gasteiger partial charge >= 0.3 is 23.9 Å². The minimum Gasteiger partial charge on any atom is -0.466 e. The zero-order valence-corrected chi connectivity index (χ0v) is 16.0. The summed E-state index contributed by atoms with van der Waals surface area (Å²) in [5, 5.41) is 2.55. The fraction of sp³-hybridized carbons (Fsp3) is 0.706. The highest BCUT2D eigenvalue weighted by Crippen LogP contribution is 2.33. The summed E-state index contributed by atoms with van der Waals surface area (Å²) < 4.78 is 20.7. The maximum absolute atomic E-state index is 12.4. The molecule has 1 saturated carbocycles. The molecule has 0 spiro atoms. The highest BCUT2D eigenvalue weighted by molar-refractivity contribution is 5.78. The van der Waals surface area contributed by atoms with Crippen LogP contribution in [0.2, 0.25) is 0 Å². The van der Waals surface area contributed by atoms with Gasteiger partial charge in [0.25, 0.3) is 0 Å². The molecule has 0 bridgehead atoms. The molecule has 10 heteroatoms. The van der Waals surface area contributed by atoms with Gasteiger partial charge in [0, 0.05) is 34.1 Å². The van der Waals surface area contributed by atoms with Gasteiger partial charge in [0.2, 0.25) is 5.91 Å². The third-order valence-corrected chi connectivity index (χ3v) is 3.84. The lowest BCUT2D eigenvalue weighted by Gasteiger charge is -2.44. The van der Waals surface area contributed by atoms with Crippen LogP contribution in [-0.2, 0) is 42.9 Å². The van der Waals surface area contributed by atoms with Crippen LogP contribution >= 0.6 is 0 Å². The molecule has 0 aromatic carbocycles. The molecule has 0 radical (unpaired) electrons. The Morgan fingerprint density at radius 3 is 1.81 bits per heavy atom. The Labute approximate surface area is 156 Å². The molecule has 1 aliphatic rings. The van der Waals surface area contributed by atoms with Crippen molar-refractivity contribution in [3.63, 3.8) is 0 Å². The first kappa shape index (κ1) is 22.4. The number of ether oxygens (including phenoxy) is 4. The molecule has 0 heterocycles. The summed E-state index contributed by atoms with van der Waals surface area (Å²) in [6.07, 6.45) is -3.59. The van der Waals surface area contributed by atoms with Gasteiger partial charge in [-0.05, 0) is 6.92 Å². The Balaban J connectivity index is 3.38. The van der Waals surface area contributed by atoms with Crippen molar-refractivity contribution in [3.8, 4) is 0 Å². The van der Waals surface area contributed by atoms with Crippen molar-refractivity contribution < 1.29 is 42.9 Å². The zero-order chi connectivity index (χ0) is 20.7. The summed E-state index contributed by atoms with van der Waals surface area (Å²) in [6.45, 7) is 6.36. The number of hydrogen-bond donors (Lipinski definition) is 1. The van der Waals surface area contributed by atoms with Crippen LogP contribution in [0.25, 0.3) is 0 Å². The van der Waals surface area contributed by atoms with Crippen LogP contribution in [0.5, 0.6) is 0 Å². The molecule has 5 atom stereocenters. The summed E-state index contributed by atoms with van der Waals surface area (Å²) in [5.41, 5.74) is 0. The van der Waals surface area contributed by atoms with E-state index in [1.165, 1.54) is 6.92 Å². The molecule has 0 aliphatic heterocycles. The van der Waals surface area contributed by atoms with Gasteiger partial charge in [-0.3, -0.25) is 24.0 Å². The highest BCUT2D eigenvalue weighted by atomic mass is 16.6. The summed E-state index contributed by atoms with van der Waals surface area (Å²) in [5.74, 6) is -4.22. The van der Waals surface area contributed by atoms with Crippen LogP contribution in [-0.4, -0.2) is 60.7 Å². The summed E-state index contributed by atoms with van der Waals surface area (Å²) in [7, 11) is 0. The van der Waals surface area contributed by atoms with Crippen molar-refractivity contribution in [2.45, 2.75) is 65.4 Å². The van der Waals surface area contributed by atoms with E-state index in [9.17, 15) is 24.0 Å². The number of amides is 1. The van der Waals surface area contributed by atoms with E-state index < -0.39 is 60.1 Å². The standard InChI is InChI=1S/C17H25NO9/c1-6-24-17(23)12-7-13(25-9(3)20)15(26-10(4)21)16(27-11(5)22)14(12)18-8(2)19/h12-16H,6-7H2,1-5H3,(H,18,19)/t12-,13-,14+,15+,16-/m1/s1. The van der Waals surface area contributed by atoms with Crippen LogP contribution in [0.3, 0.4) is 0 Å². The fourth-order valence-corrected chi connectivity index (χ4v) is 3.08. The Bertz CT molecular complexity index is 603. The maximum Gasteiger partial charge on any atom is 0.311 e. The largest absolute Gasteiger partial charge is 0.466 e. The van der Waals surface area contributed by atoms with Crippen LogP contribution in [0.4, 0.5) is 0 Å². The van der Waals surface area contributed by atoms with E-state index in [-0.39, 0.29) is 13.0 Å². The highest BCUT2D eigenvalue weighted by Gasteiger charge is 2.53. The van der Waals surface area contributed by atoms with Crippen molar-refractivity contribution in [2.75, 3.05) is 6.61 Å². The molecule has 1 amide bonds. The van der Waals surface area contributed by atoms with E-state index >= 15 is 0 Å². The molecule has 10 nitrogen and oxygen atoms in total. The first-order chi connectivity index (χ1) is 12.6. The third-order valence-electron chi connectivity index (χ3n) is 3.84. The number of esters is 4. The second-order valence-corrected chi connectivity index (χ2v) is 6.12. The van der Waals surface area contributed by atoms with E-state index in [0.29, 0.717) is 0 Å². The van der Waals surface area contributed by atoms with Crippen molar-refractivity contribution in [2.24, 2.45) is 5.92 Å². The number of nitrogens with one attached hydrogen (secondary N) is 1. The smallest absolute Gasteiger partial charge is 0.311 e. The van der Waals surface area contributed by atoms with Gasteiger partial charge in [-0.2, -0.15) is 0 Å². The van der Waals surface area contributed by atoms with Crippen molar-refractivity contribution in [3.05, 3.63) is 0 Å². The molecular formula is C17H25NO9. The predicted molar refractivity (Wildman–Crippen MR) is 89.0 cm³/mol. The first-order valence-electron chi connectivity index (χ1n) is 8.52. The van der Waals surface area contributed by atoms with Gasteiger partial charge in [0.15, 0.2) is 12.2 Å². The number of carbonyl (C=O) groups excluding carboxylic acids is 5. The zero-order valence-electron chi connectivity index (χ0n) is 16.0. The SMILES string of the molecule is CCOC(=O)[C@@H]1C[C@@H](OC(C)=O)[C@H](OC(C)=O)[C@H](OC(C)=O)[C@H]1NC(C)=O. The van der Waals surface area contributed by atoms with Gasteiger partial charge < -0.3 is 24.3 Å². The van der Waals surface area contributed by atoms with Gasteiger partial charge in [-0.25, -0.2) is 0 Å². The van der Waals surface area contributed by atoms with Gasteiger partial charge in [-0.15, -0.1) is 0 Å². The lowest BCUT2D eigenvalue weighted by atomic mass is 9.78. The van der Waals surface area contributed by atoms with E-state index in [4.69, 9.17) is 18.9 Å². The van der Waals surface area contributed by atoms with Crippen LogP contribution in [0.1, 0.15) is 41.0 Å². The number of hydrogen-bond acceptors (Lipinski definition) is 9. The van der Waals surface area contributed by atoms with E-state index in [1.54, 1.807) is 6.92 Å². The molecular weight excluding hydrogens is 362 g/mol. The second-order valence-electron chi connectivity index (χ2n) is 6.12. The topological polar surface area (TPSA) is 134 Å². The van der Waals surface area contributed by atoms with Crippen LogP contribution < -0.4 is 5.32 Å². The predicted octanol–water partition coefficient (Wildman–Crippen LogP) is -0.131. The van der Waals surface area contributed by atoms with Crippen LogP contribution in [0.15, 0.2) is 0 Å². The van der Waals surface area contributed by atoms with Crippen LogP contribution in [0, 0.1) is 5.92 Å². The molecule has 0 saturated heterocycles. The Morgan fingerprint density at radius 2 is 1.37 bits per heavy atom.